The van der Waals surface area contributed by atoms with E-state index < -0.39 is 0 Å². The Kier molecular flexibility index (Phi) is 4.72. The van der Waals surface area contributed by atoms with Crippen LogP contribution in [0.1, 0.15) is 16.7 Å². The fraction of sp³-hybridized carbons (Fsp3) is 0.333. The Hall–Kier alpha value is -0.780. The maximum atomic E-state index is 5.31. The lowest BCUT2D eigenvalue weighted by molar-refractivity contribution is 0.153. The second-order valence-electron chi connectivity index (χ2n) is 3.10. The molecule has 0 aliphatic rings. The summed E-state index contributed by atoms with van der Waals surface area (Å²) in [5.41, 5.74) is 3.71. The lowest BCUT2D eigenvalue weighted by Crippen LogP contribution is -1.97. The minimum Gasteiger partial charge on any atom is -0.364 e. The molecule has 0 aliphatic carbocycles. The molecule has 0 radical (unpaired) electrons. The standard InChI is InChI=1S/C12H13BrO/c1-3-6-14-9-12-7-10(2)4-5-11(12)8-13/h1,4-5,7H,6,8-9H2,2H3. The largest absolute Gasteiger partial charge is 0.364 e. The van der Waals surface area contributed by atoms with Gasteiger partial charge in [-0.2, -0.15) is 0 Å². The van der Waals surface area contributed by atoms with Gasteiger partial charge in [0.05, 0.1) is 6.61 Å². The lowest BCUT2D eigenvalue weighted by atomic mass is 10.1. The Morgan fingerprint density at radius 2 is 2.21 bits per heavy atom. The van der Waals surface area contributed by atoms with E-state index in [2.05, 4.69) is 47.0 Å². The summed E-state index contributed by atoms with van der Waals surface area (Å²) in [5, 5.41) is 0.849. The number of aryl methyl sites for hydroxylation is 1. The van der Waals surface area contributed by atoms with Crippen molar-refractivity contribution in [3.05, 3.63) is 34.9 Å². The number of ether oxygens (including phenoxy) is 1. The highest BCUT2D eigenvalue weighted by Gasteiger charge is 2.01. The van der Waals surface area contributed by atoms with E-state index in [1.165, 1.54) is 16.7 Å². The third-order valence-corrected chi connectivity index (χ3v) is 2.55. The molecule has 0 unspecified atom stereocenters. The maximum absolute atomic E-state index is 5.31. The molecule has 74 valence electrons. The molecule has 0 heterocycles. The van der Waals surface area contributed by atoms with E-state index in [0.29, 0.717) is 13.2 Å². The van der Waals surface area contributed by atoms with Crippen LogP contribution in [0.25, 0.3) is 0 Å². The molecule has 0 amide bonds. The number of rotatable bonds is 4. The fourth-order valence-corrected chi connectivity index (χ4v) is 1.79. The van der Waals surface area contributed by atoms with Crippen molar-refractivity contribution in [1.29, 1.82) is 0 Å². The molecule has 1 rings (SSSR count). The Morgan fingerprint density at radius 3 is 2.86 bits per heavy atom. The van der Waals surface area contributed by atoms with E-state index in [4.69, 9.17) is 11.2 Å². The van der Waals surface area contributed by atoms with Crippen LogP contribution >= 0.6 is 15.9 Å². The van der Waals surface area contributed by atoms with Gasteiger partial charge < -0.3 is 4.74 Å². The minimum absolute atomic E-state index is 0.371. The van der Waals surface area contributed by atoms with Crippen LogP contribution < -0.4 is 0 Å². The Morgan fingerprint density at radius 1 is 1.43 bits per heavy atom. The number of alkyl halides is 1. The van der Waals surface area contributed by atoms with E-state index >= 15 is 0 Å². The topological polar surface area (TPSA) is 9.23 Å². The van der Waals surface area contributed by atoms with Gasteiger partial charge in [-0.3, -0.25) is 0 Å². The predicted molar refractivity (Wildman–Crippen MR) is 62.3 cm³/mol. The zero-order valence-electron chi connectivity index (χ0n) is 8.22. The summed E-state index contributed by atoms with van der Waals surface area (Å²) in [6.45, 7) is 3.03. The quantitative estimate of drug-likeness (QED) is 0.455. The molecule has 0 aliphatic heterocycles. The zero-order valence-corrected chi connectivity index (χ0v) is 9.80. The molecule has 0 fully saturated rings. The van der Waals surface area contributed by atoms with Crippen LogP contribution in [0.5, 0.6) is 0 Å². The van der Waals surface area contributed by atoms with Gasteiger partial charge in [0.1, 0.15) is 6.61 Å². The summed E-state index contributed by atoms with van der Waals surface area (Å²) in [4.78, 5) is 0. The molecule has 0 N–H and O–H groups in total. The molecule has 1 nitrogen and oxygen atoms in total. The van der Waals surface area contributed by atoms with Crippen LogP contribution in [0, 0.1) is 19.3 Å². The minimum atomic E-state index is 0.371. The molecule has 0 atom stereocenters. The van der Waals surface area contributed by atoms with Crippen molar-refractivity contribution in [3.8, 4) is 12.3 Å². The Balaban J connectivity index is 2.73. The first-order chi connectivity index (χ1) is 6.77. The smallest absolute Gasteiger partial charge is 0.107 e. The Bertz CT molecular complexity index is 339. The molecule has 0 saturated heterocycles. The second-order valence-corrected chi connectivity index (χ2v) is 3.66. The summed E-state index contributed by atoms with van der Waals surface area (Å²) in [5.74, 6) is 2.46. The summed E-state index contributed by atoms with van der Waals surface area (Å²) in [7, 11) is 0. The predicted octanol–water partition coefficient (Wildman–Crippen LogP) is 3.04. The zero-order chi connectivity index (χ0) is 10.4. The van der Waals surface area contributed by atoms with Crippen molar-refractivity contribution in [3.63, 3.8) is 0 Å². The fourth-order valence-electron chi connectivity index (χ4n) is 1.24. The lowest BCUT2D eigenvalue weighted by Gasteiger charge is -2.07. The van der Waals surface area contributed by atoms with E-state index in [-0.39, 0.29) is 0 Å². The number of terminal acetylenes is 1. The third kappa shape index (κ3) is 3.17. The number of benzene rings is 1. The second kappa shape index (κ2) is 5.85. The van der Waals surface area contributed by atoms with Crippen molar-refractivity contribution in [2.45, 2.75) is 18.9 Å². The SMILES string of the molecule is C#CCOCc1cc(C)ccc1CBr. The number of halogens is 1. The van der Waals surface area contributed by atoms with Crippen LogP contribution in [-0.4, -0.2) is 6.61 Å². The van der Waals surface area contributed by atoms with Gasteiger partial charge in [-0.05, 0) is 18.1 Å². The first-order valence-corrected chi connectivity index (χ1v) is 5.55. The summed E-state index contributed by atoms with van der Waals surface area (Å²) in [6.07, 6.45) is 5.11. The molecule has 0 bridgehead atoms. The van der Waals surface area contributed by atoms with E-state index in [1.807, 2.05) is 0 Å². The molecule has 1 aromatic rings. The number of hydrogen-bond acceptors (Lipinski definition) is 1. The molecule has 2 heteroatoms. The average molecular weight is 253 g/mol. The van der Waals surface area contributed by atoms with Crippen LogP contribution in [0.15, 0.2) is 18.2 Å². The first-order valence-electron chi connectivity index (χ1n) is 4.43. The average Bonchev–Trinajstić information content (AvgIpc) is 2.19. The van der Waals surface area contributed by atoms with Gasteiger partial charge in [0.2, 0.25) is 0 Å². The van der Waals surface area contributed by atoms with E-state index in [0.717, 1.165) is 5.33 Å². The van der Waals surface area contributed by atoms with Gasteiger partial charge >= 0.3 is 0 Å². The summed E-state index contributed by atoms with van der Waals surface area (Å²) >= 11 is 3.45. The van der Waals surface area contributed by atoms with Crippen LogP contribution in [0.2, 0.25) is 0 Å². The molecule has 1 aromatic carbocycles. The molecule has 0 spiro atoms. The van der Waals surface area contributed by atoms with Crippen LogP contribution in [0.3, 0.4) is 0 Å². The van der Waals surface area contributed by atoms with Crippen molar-refractivity contribution in [1.82, 2.24) is 0 Å². The van der Waals surface area contributed by atoms with E-state index in [9.17, 15) is 0 Å². The van der Waals surface area contributed by atoms with Gasteiger partial charge in [0.15, 0.2) is 0 Å². The van der Waals surface area contributed by atoms with Crippen LogP contribution in [-0.2, 0) is 16.7 Å². The van der Waals surface area contributed by atoms with Crippen molar-refractivity contribution < 1.29 is 4.74 Å². The normalized spacial score (nSPS) is 9.79. The van der Waals surface area contributed by atoms with Crippen molar-refractivity contribution >= 4 is 15.9 Å². The van der Waals surface area contributed by atoms with Crippen molar-refractivity contribution in [2.75, 3.05) is 6.61 Å². The summed E-state index contributed by atoms with van der Waals surface area (Å²) in [6, 6.07) is 6.34. The Labute approximate surface area is 93.6 Å². The monoisotopic (exact) mass is 252 g/mol. The first kappa shape index (κ1) is 11.3. The van der Waals surface area contributed by atoms with Gasteiger partial charge in [0, 0.05) is 5.33 Å². The summed E-state index contributed by atoms with van der Waals surface area (Å²) < 4.78 is 5.31. The third-order valence-electron chi connectivity index (χ3n) is 1.95. The highest BCUT2D eigenvalue weighted by atomic mass is 79.9. The number of hydrogen-bond donors (Lipinski definition) is 0. The molecule has 0 saturated carbocycles. The highest BCUT2D eigenvalue weighted by molar-refractivity contribution is 9.08. The van der Waals surface area contributed by atoms with Gasteiger partial charge in [-0.25, -0.2) is 0 Å². The van der Waals surface area contributed by atoms with Crippen LogP contribution in [0.4, 0.5) is 0 Å². The molecular formula is C12H13BrO. The highest BCUT2D eigenvalue weighted by Crippen LogP contribution is 2.15. The molecular weight excluding hydrogens is 240 g/mol. The van der Waals surface area contributed by atoms with E-state index in [1.54, 1.807) is 0 Å². The van der Waals surface area contributed by atoms with Gasteiger partial charge in [-0.15, -0.1) is 6.42 Å². The van der Waals surface area contributed by atoms with Gasteiger partial charge in [-0.1, -0.05) is 45.6 Å². The molecule has 0 aromatic heterocycles. The molecule has 14 heavy (non-hydrogen) atoms. The van der Waals surface area contributed by atoms with Gasteiger partial charge in [0.25, 0.3) is 0 Å². The van der Waals surface area contributed by atoms with Crippen molar-refractivity contribution in [2.24, 2.45) is 0 Å². The maximum Gasteiger partial charge on any atom is 0.107 e.